The van der Waals surface area contributed by atoms with Crippen molar-refractivity contribution < 1.29 is 0 Å². The summed E-state index contributed by atoms with van der Waals surface area (Å²) >= 11 is 3.58. The van der Waals surface area contributed by atoms with E-state index in [1.54, 1.807) is 0 Å². The first kappa shape index (κ1) is 12.9. The smallest absolute Gasteiger partial charge is 0.0726 e. The molecular formula is C16H19BrN2. The molecule has 0 saturated carbocycles. The lowest BCUT2D eigenvalue weighted by Gasteiger charge is -2.36. The van der Waals surface area contributed by atoms with E-state index in [0.717, 1.165) is 22.2 Å². The van der Waals surface area contributed by atoms with Gasteiger partial charge >= 0.3 is 0 Å². The standard InChI is InChI=1S/C16H19BrN2/c1-11-9-16(19-8-4-3-5-12(19)2)14-10-13(17)6-7-15(14)18-11/h6-7,9-10,12H,3-5,8H2,1-2H3. The lowest BCUT2D eigenvalue weighted by atomic mass is 10.0. The fourth-order valence-electron chi connectivity index (χ4n) is 3.00. The van der Waals surface area contributed by atoms with E-state index in [2.05, 4.69) is 63.9 Å². The summed E-state index contributed by atoms with van der Waals surface area (Å²) in [4.78, 5) is 7.20. The number of hydrogen-bond donors (Lipinski definition) is 0. The minimum Gasteiger partial charge on any atom is -0.368 e. The molecule has 3 heteroatoms. The molecule has 100 valence electrons. The molecule has 1 atom stereocenters. The maximum Gasteiger partial charge on any atom is 0.0726 e. The first-order chi connectivity index (χ1) is 9.15. The highest BCUT2D eigenvalue weighted by Gasteiger charge is 2.20. The summed E-state index contributed by atoms with van der Waals surface area (Å²) in [5, 5.41) is 1.26. The summed E-state index contributed by atoms with van der Waals surface area (Å²) in [7, 11) is 0. The number of aryl methyl sites for hydroxylation is 1. The highest BCUT2D eigenvalue weighted by molar-refractivity contribution is 9.10. The summed E-state index contributed by atoms with van der Waals surface area (Å²) in [5.74, 6) is 0. The van der Waals surface area contributed by atoms with Crippen LogP contribution in [0.1, 0.15) is 31.9 Å². The van der Waals surface area contributed by atoms with Crippen LogP contribution in [0.25, 0.3) is 10.9 Å². The molecule has 0 bridgehead atoms. The van der Waals surface area contributed by atoms with Crippen LogP contribution in [-0.2, 0) is 0 Å². The van der Waals surface area contributed by atoms with Crippen LogP contribution in [0, 0.1) is 6.92 Å². The van der Waals surface area contributed by atoms with Crippen LogP contribution in [0.5, 0.6) is 0 Å². The summed E-state index contributed by atoms with van der Waals surface area (Å²) in [5.41, 5.74) is 3.54. The van der Waals surface area contributed by atoms with Gasteiger partial charge in [-0.15, -0.1) is 0 Å². The molecular weight excluding hydrogens is 300 g/mol. The maximum atomic E-state index is 4.65. The molecule has 2 aromatic rings. The molecule has 1 unspecified atom stereocenters. The minimum absolute atomic E-state index is 0.623. The lowest BCUT2D eigenvalue weighted by molar-refractivity contribution is 0.485. The molecule has 1 aromatic heterocycles. The Labute approximate surface area is 123 Å². The van der Waals surface area contributed by atoms with Gasteiger partial charge in [-0.3, -0.25) is 4.98 Å². The number of fused-ring (bicyclic) bond motifs is 1. The molecule has 0 radical (unpaired) electrons. The molecule has 0 N–H and O–H groups in total. The third-order valence-electron chi connectivity index (χ3n) is 3.99. The van der Waals surface area contributed by atoms with Crippen LogP contribution >= 0.6 is 15.9 Å². The van der Waals surface area contributed by atoms with E-state index in [1.807, 2.05) is 0 Å². The summed E-state index contributed by atoms with van der Waals surface area (Å²) in [6.45, 7) is 5.57. The predicted molar refractivity (Wildman–Crippen MR) is 84.8 cm³/mol. The quantitative estimate of drug-likeness (QED) is 0.758. The second-order valence-electron chi connectivity index (χ2n) is 5.48. The Kier molecular flexibility index (Phi) is 3.48. The van der Waals surface area contributed by atoms with Gasteiger partial charge in [-0.2, -0.15) is 0 Å². The van der Waals surface area contributed by atoms with E-state index in [0.29, 0.717) is 6.04 Å². The number of hydrogen-bond acceptors (Lipinski definition) is 2. The topological polar surface area (TPSA) is 16.1 Å². The van der Waals surface area contributed by atoms with E-state index in [4.69, 9.17) is 0 Å². The van der Waals surface area contributed by atoms with Crippen molar-refractivity contribution in [1.82, 2.24) is 4.98 Å². The van der Waals surface area contributed by atoms with Gasteiger partial charge in [-0.25, -0.2) is 0 Å². The fourth-order valence-corrected chi connectivity index (χ4v) is 3.36. The van der Waals surface area contributed by atoms with Crippen molar-refractivity contribution in [2.75, 3.05) is 11.4 Å². The molecule has 0 amide bonds. The first-order valence-corrected chi connectivity index (χ1v) is 7.78. The number of benzene rings is 1. The Morgan fingerprint density at radius 2 is 2.11 bits per heavy atom. The maximum absolute atomic E-state index is 4.65. The van der Waals surface area contributed by atoms with Gasteiger partial charge in [0, 0.05) is 33.8 Å². The van der Waals surface area contributed by atoms with E-state index in [9.17, 15) is 0 Å². The minimum atomic E-state index is 0.623. The molecule has 1 saturated heterocycles. The van der Waals surface area contributed by atoms with Gasteiger partial charge in [0.2, 0.25) is 0 Å². The summed E-state index contributed by atoms with van der Waals surface area (Å²) < 4.78 is 1.12. The second-order valence-corrected chi connectivity index (χ2v) is 6.40. The number of rotatable bonds is 1. The molecule has 3 rings (SSSR count). The van der Waals surface area contributed by atoms with Gasteiger partial charge in [0.15, 0.2) is 0 Å². The highest BCUT2D eigenvalue weighted by Crippen LogP contribution is 2.33. The van der Waals surface area contributed by atoms with Crippen molar-refractivity contribution >= 4 is 32.5 Å². The largest absolute Gasteiger partial charge is 0.368 e. The molecule has 1 fully saturated rings. The number of pyridine rings is 1. The van der Waals surface area contributed by atoms with Gasteiger partial charge < -0.3 is 4.90 Å². The van der Waals surface area contributed by atoms with Crippen LogP contribution in [0.15, 0.2) is 28.7 Å². The predicted octanol–water partition coefficient (Wildman–Crippen LogP) is 4.68. The zero-order chi connectivity index (χ0) is 13.4. The van der Waals surface area contributed by atoms with Gasteiger partial charge in [0.1, 0.15) is 0 Å². The van der Waals surface area contributed by atoms with Crippen LogP contribution in [0.4, 0.5) is 5.69 Å². The summed E-state index contributed by atoms with van der Waals surface area (Å²) in [6, 6.07) is 9.22. The highest BCUT2D eigenvalue weighted by atomic mass is 79.9. The Hall–Kier alpha value is -1.09. The van der Waals surface area contributed by atoms with Crippen molar-refractivity contribution in [3.05, 3.63) is 34.4 Å². The molecule has 19 heavy (non-hydrogen) atoms. The normalized spacial score (nSPS) is 19.9. The Balaban J connectivity index is 2.18. The number of piperidine rings is 1. The van der Waals surface area contributed by atoms with Crippen LogP contribution in [0.2, 0.25) is 0 Å². The van der Waals surface area contributed by atoms with Gasteiger partial charge in [-0.1, -0.05) is 15.9 Å². The van der Waals surface area contributed by atoms with Gasteiger partial charge in [0.25, 0.3) is 0 Å². The zero-order valence-electron chi connectivity index (χ0n) is 11.5. The Morgan fingerprint density at radius 1 is 1.26 bits per heavy atom. The molecule has 0 spiro atoms. The number of halogens is 1. The molecule has 1 aliphatic heterocycles. The third kappa shape index (κ3) is 2.48. The van der Waals surface area contributed by atoms with Crippen LogP contribution in [0.3, 0.4) is 0 Å². The molecule has 0 aliphatic carbocycles. The Morgan fingerprint density at radius 3 is 2.89 bits per heavy atom. The van der Waals surface area contributed by atoms with Crippen molar-refractivity contribution in [2.45, 2.75) is 39.2 Å². The van der Waals surface area contributed by atoms with Gasteiger partial charge in [-0.05, 0) is 57.4 Å². The van der Waals surface area contributed by atoms with E-state index < -0.39 is 0 Å². The SMILES string of the molecule is Cc1cc(N2CCCCC2C)c2cc(Br)ccc2n1. The number of aromatic nitrogens is 1. The van der Waals surface area contributed by atoms with E-state index >= 15 is 0 Å². The average molecular weight is 319 g/mol. The fraction of sp³-hybridized carbons (Fsp3) is 0.438. The number of anilines is 1. The van der Waals surface area contributed by atoms with Crippen molar-refractivity contribution in [3.63, 3.8) is 0 Å². The average Bonchev–Trinajstić information content (AvgIpc) is 2.39. The molecule has 1 aliphatic rings. The molecule has 1 aromatic carbocycles. The van der Waals surface area contributed by atoms with Crippen molar-refractivity contribution in [2.24, 2.45) is 0 Å². The first-order valence-electron chi connectivity index (χ1n) is 6.99. The third-order valence-corrected chi connectivity index (χ3v) is 4.48. The molecule has 2 heterocycles. The van der Waals surface area contributed by atoms with Gasteiger partial charge in [0.05, 0.1) is 5.52 Å². The Bertz CT molecular complexity index is 609. The van der Waals surface area contributed by atoms with Crippen molar-refractivity contribution in [1.29, 1.82) is 0 Å². The van der Waals surface area contributed by atoms with E-state index in [-0.39, 0.29) is 0 Å². The van der Waals surface area contributed by atoms with Crippen LogP contribution in [-0.4, -0.2) is 17.6 Å². The van der Waals surface area contributed by atoms with Crippen molar-refractivity contribution in [3.8, 4) is 0 Å². The lowest BCUT2D eigenvalue weighted by Crippen LogP contribution is -2.37. The monoisotopic (exact) mass is 318 g/mol. The second kappa shape index (κ2) is 5.12. The summed E-state index contributed by atoms with van der Waals surface area (Å²) in [6.07, 6.45) is 3.93. The van der Waals surface area contributed by atoms with Crippen LogP contribution < -0.4 is 4.90 Å². The van der Waals surface area contributed by atoms with E-state index in [1.165, 1.54) is 30.3 Å². The number of nitrogens with zero attached hydrogens (tertiary/aromatic N) is 2. The molecule has 2 nitrogen and oxygen atoms in total. The zero-order valence-corrected chi connectivity index (χ0v) is 13.1.